The van der Waals surface area contributed by atoms with Gasteiger partial charge in [-0.25, -0.2) is 9.18 Å². The number of hydrogen-bond donors (Lipinski definition) is 1. The summed E-state index contributed by atoms with van der Waals surface area (Å²) in [6.45, 7) is 0.237. The van der Waals surface area contributed by atoms with Gasteiger partial charge in [0.1, 0.15) is 24.5 Å². The van der Waals surface area contributed by atoms with E-state index in [1.807, 2.05) is 22.6 Å². The van der Waals surface area contributed by atoms with Gasteiger partial charge in [-0.15, -0.1) is 0 Å². The Bertz CT molecular complexity index is 645. The first-order valence-corrected chi connectivity index (χ1v) is 7.19. The molecule has 0 fully saturated rings. The van der Waals surface area contributed by atoms with Gasteiger partial charge >= 0.3 is 5.97 Å². The lowest BCUT2D eigenvalue weighted by Gasteiger charge is -2.11. The van der Waals surface area contributed by atoms with Crippen molar-refractivity contribution in [2.24, 2.45) is 0 Å². The first kappa shape index (κ1) is 15.6. The maximum atomic E-state index is 13.3. The van der Waals surface area contributed by atoms with E-state index >= 15 is 0 Å². The quantitative estimate of drug-likeness (QED) is 0.593. The standard InChI is InChI=1S/C15H12FIO4/c16-12-3-1-2-4-14(12)21-8-7-20-13-6-5-10(17)9-11(13)15(18)19/h1-6,9H,7-8H2,(H,18,19). The summed E-state index contributed by atoms with van der Waals surface area (Å²) in [4.78, 5) is 11.1. The highest BCUT2D eigenvalue weighted by Gasteiger charge is 2.11. The van der Waals surface area contributed by atoms with Crippen LogP contribution in [0.5, 0.6) is 11.5 Å². The molecule has 0 aliphatic carbocycles. The molecule has 0 aliphatic rings. The Kier molecular flexibility index (Phi) is 5.38. The van der Waals surface area contributed by atoms with Crippen LogP contribution < -0.4 is 9.47 Å². The highest BCUT2D eigenvalue weighted by Crippen LogP contribution is 2.21. The zero-order valence-corrected chi connectivity index (χ0v) is 13.0. The van der Waals surface area contributed by atoms with Gasteiger partial charge in [-0.2, -0.15) is 0 Å². The molecule has 2 aromatic rings. The molecule has 0 saturated heterocycles. The summed E-state index contributed by atoms with van der Waals surface area (Å²) in [6.07, 6.45) is 0. The van der Waals surface area contributed by atoms with Crippen LogP contribution in [-0.4, -0.2) is 24.3 Å². The summed E-state index contributed by atoms with van der Waals surface area (Å²) < 4.78 is 24.7. The highest BCUT2D eigenvalue weighted by molar-refractivity contribution is 14.1. The first-order chi connectivity index (χ1) is 10.1. The number of ether oxygens (including phenoxy) is 2. The van der Waals surface area contributed by atoms with Crippen LogP contribution in [0.15, 0.2) is 42.5 Å². The van der Waals surface area contributed by atoms with Gasteiger partial charge in [0.15, 0.2) is 11.6 Å². The van der Waals surface area contributed by atoms with Gasteiger partial charge in [0.05, 0.1) is 0 Å². The molecule has 0 unspecified atom stereocenters. The number of para-hydroxylation sites is 1. The van der Waals surface area contributed by atoms with E-state index in [1.54, 1.807) is 24.3 Å². The van der Waals surface area contributed by atoms with E-state index in [0.717, 1.165) is 3.57 Å². The highest BCUT2D eigenvalue weighted by atomic mass is 127. The third-order valence-corrected chi connectivity index (χ3v) is 3.28. The molecule has 1 N–H and O–H groups in total. The Hall–Kier alpha value is -1.83. The van der Waals surface area contributed by atoms with Crippen molar-refractivity contribution in [1.82, 2.24) is 0 Å². The molecular formula is C15H12FIO4. The molecule has 0 radical (unpaired) electrons. The van der Waals surface area contributed by atoms with Crippen LogP contribution in [-0.2, 0) is 0 Å². The zero-order chi connectivity index (χ0) is 15.2. The molecule has 0 spiro atoms. The summed E-state index contributed by atoms with van der Waals surface area (Å²) in [5, 5.41) is 9.10. The Balaban J connectivity index is 1.92. The molecule has 0 aliphatic heterocycles. The van der Waals surface area contributed by atoms with E-state index < -0.39 is 11.8 Å². The molecule has 0 amide bonds. The van der Waals surface area contributed by atoms with Crippen molar-refractivity contribution in [3.8, 4) is 11.5 Å². The summed E-state index contributed by atoms with van der Waals surface area (Å²) in [5.74, 6) is -1.10. The molecule has 2 rings (SSSR count). The second kappa shape index (κ2) is 7.26. The number of carboxylic acids is 1. The number of aromatic carboxylic acids is 1. The van der Waals surface area contributed by atoms with Crippen LogP contribution in [0.4, 0.5) is 4.39 Å². The molecule has 4 nitrogen and oxygen atoms in total. The molecule has 21 heavy (non-hydrogen) atoms. The first-order valence-electron chi connectivity index (χ1n) is 6.11. The van der Waals surface area contributed by atoms with Gasteiger partial charge in [0.2, 0.25) is 0 Å². The fraction of sp³-hybridized carbons (Fsp3) is 0.133. The van der Waals surface area contributed by atoms with Crippen molar-refractivity contribution < 1.29 is 23.8 Å². The van der Waals surface area contributed by atoms with Crippen molar-refractivity contribution in [3.63, 3.8) is 0 Å². The maximum absolute atomic E-state index is 13.3. The van der Waals surface area contributed by atoms with Crippen LogP contribution in [0.2, 0.25) is 0 Å². The minimum Gasteiger partial charge on any atom is -0.489 e. The topological polar surface area (TPSA) is 55.8 Å². The summed E-state index contributed by atoms with van der Waals surface area (Å²) in [5.41, 5.74) is 0.0905. The Morgan fingerprint density at radius 1 is 1.10 bits per heavy atom. The van der Waals surface area contributed by atoms with E-state index in [4.69, 9.17) is 14.6 Å². The summed E-state index contributed by atoms with van der Waals surface area (Å²) >= 11 is 2.03. The van der Waals surface area contributed by atoms with Crippen LogP contribution in [0.1, 0.15) is 10.4 Å². The molecule has 0 heterocycles. The Labute approximate surface area is 134 Å². The third kappa shape index (κ3) is 4.32. The van der Waals surface area contributed by atoms with Crippen molar-refractivity contribution in [2.45, 2.75) is 0 Å². The van der Waals surface area contributed by atoms with Gasteiger partial charge in [0.25, 0.3) is 0 Å². The molecule has 6 heteroatoms. The van der Waals surface area contributed by atoms with Gasteiger partial charge in [-0.3, -0.25) is 0 Å². The maximum Gasteiger partial charge on any atom is 0.339 e. The van der Waals surface area contributed by atoms with Crippen molar-refractivity contribution in [1.29, 1.82) is 0 Å². The number of hydrogen-bond acceptors (Lipinski definition) is 3. The fourth-order valence-electron chi connectivity index (χ4n) is 1.66. The predicted octanol–water partition coefficient (Wildman–Crippen LogP) is 3.59. The van der Waals surface area contributed by atoms with E-state index in [1.165, 1.54) is 18.2 Å². The van der Waals surface area contributed by atoms with Crippen LogP contribution in [0.25, 0.3) is 0 Å². The van der Waals surface area contributed by atoms with Gasteiger partial charge in [-0.1, -0.05) is 12.1 Å². The Morgan fingerprint density at radius 2 is 1.76 bits per heavy atom. The second-order valence-corrected chi connectivity index (χ2v) is 5.32. The number of carboxylic acid groups (broad SMARTS) is 1. The number of halogens is 2. The third-order valence-electron chi connectivity index (χ3n) is 2.61. The molecule has 0 aromatic heterocycles. The van der Waals surface area contributed by atoms with E-state index in [-0.39, 0.29) is 30.3 Å². The van der Waals surface area contributed by atoms with Crippen molar-refractivity contribution in [3.05, 3.63) is 57.4 Å². The number of benzene rings is 2. The molecule has 0 atom stereocenters. The van der Waals surface area contributed by atoms with Gasteiger partial charge in [0, 0.05) is 3.57 Å². The molecule has 0 bridgehead atoms. The summed E-state index contributed by atoms with van der Waals surface area (Å²) in [6, 6.07) is 10.9. The SMILES string of the molecule is O=C(O)c1cc(I)ccc1OCCOc1ccccc1F. The normalized spacial score (nSPS) is 10.2. The zero-order valence-electron chi connectivity index (χ0n) is 10.9. The Morgan fingerprint density at radius 3 is 2.43 bits per heavy atom. The largest absolute Gasteiger partial charge is 0.489 e. The lowest BCUT2D eigenvalue weighted by molar-refractivity contribution is 0.0691. The minimum absolute atomic E-state index is 0.0905. The van der Waals surface area contributed by atoms with Gasteiger partial charge < -0.3 is 14.6 Å². The minimum atomic E-state index is -1.06. The summed E-state index contributed by atoms with van der Waals surface area (Å²) in [7, 11) is 0. The molecule has 2 aromatic carbocycles. The average Bonchev–Trinajstić information content (AvgIpc) is 2.46. The van der Waals surface area contributed by atoms with E-state index in [0.29, 0.717) is 0 Å². The van der Waals surface area contributed by atoms with Crippen molar-refractivity contribution in [2.75, 3.05) is 13.2 Å². The van der Waals surface area contributed by atoms with Crippen LogP contribution in [0, 0.1) is 9.39 Å². The molecule has 0 saturated carbocycles. The molecule has 110 valence electrons. The predicted molar refractivity (Wildman–Crippen MR) is 83.5 cm³/mol. The lowest BCUT2D eigenvalue weighted by Crippen LogP contribution is -2.12. The number of rotatable bonds is 6. The van der Waals surface area contributed by atoms with Crippen LogP contribution in [0.3, 0.4) is 0 Å². The van der Waals surface area contributed by atoms with Crippen LogP contribution >= 0.6 is 22.6 Å². The van der Waals surface area contributed by atoms with E-state index in [2.05, 4.69) is 0 Å². The van der Waals surface area contributed by atoms with Gasteiger partial charge in [-0.05, 0) is 52.9 Å². The lowest BCUT2D eigenvalue weighted by atomic mass is 10.2. The second-order valence-electron chi connectivity index (χ2n) is 4.07. The monoisotopic (exact) mass is 402 g/mol. The fourth-order valence-corrected chi connectivity index (χ4v) is 2.15. The molecular weight excluding hydrogens is 390 g/mol. The number of carbonyl (C=O) groups is 1. The average molecular weight is 402 g/mol. The van der Waals surface area contributed by atoms with E-state index in [9.17, 15) is 9.18 Å². The smallest absolute Gasteiger partial charge is 0.339 e. The van der Waals surface area contributed by atoms with Crippen molar-refractivity contribution >= 4 is 28.6 Å².